The van der Waals surface area contributed by atoms with Gasteiger partial charge in [0, 0.05) is 32.4 Å². The highest BCUT2D eigenvalue weighted by molar-refractivity contribution is 8.15. The summed E-state index contributed by atoms with van der Waals surface area (Å²) in [6, 6.07) is 48.6. The van der Waals surface area contributed by atoms with E-state index in [1.54, 1.807) is 0 Å². The van der Waals surface area contributed by atoms with Crippen molar-refractivity contribution < 1.29 is 0 Å². The summed E-state index contributed by atoms with van der Waals surface area (Å²) < 4.78 is 2.62. The standard InChI is InChI=1S/C37H24N2S2/c1-2-11-25(12-3-1)39(31-17-8-14-28-27-13-4-5-18-32(27)40-35(28)31)26-21-19-24(20-22-26)37-38-34-29-15-6-9-23-10-7-16-30(33(23)29)36(34)41-37/h1-22,34,36H. The Balaban J connectivity index is 1.13. The van der Waals surface area contributed by atoms with Crippen molar-refractivity contribution in [3.63, 3.8) is 0 Å². The van der Waals surface area contributed by atoms with E-state index in [1.165, 1.54) is 53.3 Å². The van der Waals surface area contributed by atoms with E-state index in [2.05, 4.69) is 138 Å². The highest BCUT2D eigenvalue weighted by Gasteiger charge is 2.40. The molecule has 2 unspecified atom stereocenters. The van der Waals surface area contributed by atoms with Gasteiger partial charge in [-0.15, -0.1) is 11.3 Å². The average molecular weight is 561 g/mol. The fourth-order valence-electron chi connectivity index (χ4n) is 6.57. The normalized spacial score (nSPS) is 17.3. The van der Waals surface area contributed by atoms with Crippen LogP contribution in [0.15, 0.2) is 138 Å². The van der Waals surface area contributed by atoms with Gasteiger partial charge in [0.15, 0.2) is 0 Å². The molecule has 0 saturated heterocycles. The number of hydrogen-bond acceptors (Lipinski definition) is 4. The first-order chi connectivity index (χ1) is 20.3. The van der Waals surface area contributed by atoms with Crippen molar-refractivity contribution in [3.8, 4) is 0 Å². The summed E-state index contributed by atoms with van der Waals surface area (Å²) in [4.78, 5) is 7.67. The third-order valence-corrected chi connectivity index (χ3v) is 10.9. The highest BCUT2D eigenvalue weighted by atomic mass is 32.2. The van der Waals surface area contributed by atoms with Crippen LogP contribution in [0.2, 0.25) is 0 Å². The molecule has 0 radical (unpaired) electrons. The van der Waals surface area contributed by atoms with Gasteiger partial charge in [0.05, 0.1) is 26.7 Å². The van der Waals surface area contributed by atoms with Crippen LogP contribution in [-0.4, -0.2) is 5.04 Å². The Bertz CT molecular complexity index is 2140. The molecule has 6 aromatic carbocycles. The molecule has 0 amide bonds. The number of nitrogens with zero attached hydrogens (tertiary/aromatic N) is 2. The van der Waals surface area contributed by atoms with Gasteiger partial charge in [0.1, 0.15) is 0 Å². The molecule has 0 fully saturated rings. The Morgan fingerprint density at radius 3 is 2.15 bits per heavy atom. The first-order valence-corrected chi connectivity index (χ1v) is 15.6. The zero-order valence-electron chi connectivity index (χ0n) is 22.1. The van der Waals surface area contributed by atoms with E-state index in [1.807, 2.05) is 23.1 Å². The SMILES string of the molecule is c1ccc(N(c2ccc(C3=NC4c5cccc6cccc(c56)C4S3)cc2)c2cccc3c2sc2ccccc23)cc1. The fourth-order valence-corrected chi connectivity index (χ4v) is 9.12. The van der Waals surface area contributed by atoms with Crippen molar-refractivity contribution in [2.75, 3.05) is 4.90 Å². The molecule has 2 atom stereocenters. The lowest BCUT2D eigenvalue weighted by atomic mass is 10.0. The van der Waals surface area contributed by atoms with Crippen LogP contribution < -0.4 is 4.90 Å². The van der Waals surface area contributed by atoms with Crippen LogP contribution in [0.5, 0.6) is 0 Å². The summed E-state index contributed by atoms with van der Waals surface area (Å²) in [5.74, 6) is 0. The molecule has 1 aliphatic heterocycles. The Hall–Kier alpha value is -4.38. The lowest BCUT2D eigenvalue weighted by Gasteiger charge is -2.26. The number of para-hydroxylation sites is 1. The summed E-state index contributed by atoms with van der Waals surface area (Å²) in [7, 11) is 0. The summed E-state index contributed by atoms with van der Waals surface area (Å²) in [5.41, 5.74) is 7.48. The van der Waals surface area contributed by atoms with Gasteiger partial charge < -0.3 is 4.90 Å². The molecule has 9 rings (SSSR count). The Kier molecular flexibility index (Phi) is 5.16. The maximum absolute atomic E-state index is 5.28. The Morgan fingerprint density at radius 2 is 1.29 bits per heavy atom. The van der Waals surface area contributed by atoms with E-state index in [4.69, 9.17) is 4.99 Å². The zero-order valence-corrected chi connectivity index (χ0v) is 23.7. The topological polar surface area (TPSA) is 15.6 Å². The maximum atomic E-state index is 5.28. The second-order valence-corrected chi connectivity index (χ2v) is 12.9. The van der Waals surface area contributed by atoms with Crippen molar-refractivity contribution in [1.29, 1.82) is 0 Å². The van der Waals surface area contributed by atoms with E-state index in [0.29, 0.717) is 5.25 Å². The van der Waals surface area contributed by atoms with Crippen molar-refractivity contribution in [3.05, 3.63) is 150 Å². The van der Waals surface area contributed by atoms with Gasteiger partial charge in [-0.1, -0.05) is 109 Å². The van der Waals surface area contributed by atoms with Gasteiger partial charge >= 0.3 is 0 Å². The third kappa shape index (κ3) is 3.54. The predicted octanol–water partition coefficient (Wildman–Crippen LogP) is 11.0. The number of rotatable bonds is 4. The quantitative estimate of drug-likeness (QED) is 0.213. The van der Waals surface area contributed by atoms with E-state index >= 15 is 0 Å². The first kappa shape index (κ1) is 23.3. The molecule has 7 aromatic rings. The second-order valence-electron chi connectivity index (χ2n) is 10.7. The van der Waals surface area contributed by atoms with Gasteiger partial charge in [0.25, 0.3) is 0 Å². The van der Waals surface area contributed by atoms with Gasteiger partial charge in [-0.3, -0.25) is 4.99 Å². The number of hydrogen-bond donors (Lipinski definition) is 0. The van der Waals surface area contributed by atoms with Gasteiger partial charge in [0.2, 0.25) is 0 Å². The first-order valence-electron chi connectivity index (χ1n) is 14.0. The minimum Gasteiger partial charge on any atom is -0.309 e. The van der Waals surface area contributed by atoms with Crippen molar-refractivity contribution in [1.82, 2.24) is 0 Å². The zero-order chi connectivity index (χ0) is 26.9. The van der Waals surface area contributed by atoms with E-state index in [0.717, 1.165) is 16.4 Å². The highest BCUT2D eigenvalue weighted by Crippen LogP contribution is 2.57. The largest absolute Gasteiger partial charge is 0.309 e. The second kappa shape index (κ2) is 9.07. The Labute approximate surface area is 246 Å². The van der Waals surface area contributed by atoms with Crippen LogP contribution in [0, 0.1) is 0 Å². The molecule has 2 aliphatic rings. The van der Waals surface area contributed by atoms with Crippen LogP contribution >= 0.6 is 23.1 Å². The molecule has 0 spiro atoms. The van der Waals surface area contributed by atoms with E-state index in [9.17, 15) is 0 Å². The molecule has 0 saturated carbocycles. The summed E-state index contributed by atoms with van der Waals surface area (Å²) in [6.45, 7) is 0. The molecule has 0 bridgehead atoms. The maximum Gasteiger partial charge on any atom is 0.0991 e. The van der Waals surface area contributed by atoms with Gasteiger partial charge in [-0.2, -0.15) is 0 Å². The number of benzene rings is 6. The molecule has 0 N–H and O–H groups in total. The van der Waals surface area contributed by atoms with Crippen molar-refractivity contribution in [2.45, 2.75) is 11.3 Å². The molecular weight excluding hydrogens is 537 g/mol. The number of fused-ring (bicyclic) bond motifs is 6. The molecule has 41 heavy (non-hydrogen) atoms. The molecule has 194 valence electrons. The predicted molar refractivity (Wildman–Crippen MR) is 178 cm³/mol. The molecule has 2 nitrogen and oxygen atoms in total. The summed E-state index contributed by atoms with van der Waals surface area (Å²) >= 11 is 3.78. The van der Waals surface area contributed by atoms with E-state index in [-0.39, 0.29) is 6.04 Å². The number of aliphatic imine (C=N–C) groups is 1. The fraction of sp³-hybridized carbons (Fsp3) is 0.0541. The van der Waals surface area contributed by atoms with Crippen LogP contribution in [0.3, 0.4) is 0 Å². The van der Waals surface area contributed by atoms with Gasteiger partial charge in [-0.25, -0.2) is 0 Å². The molecule has 4 heteroatoms. The van der Waals surface area contributed by atoms with Crippen molar-refractivity contribution >= 4 is 76.1 Å². The lowest BCUT2D eigenvalue weighted by molar-refractivity contribution is 0.760. The van der Waals surface area contributed by atoms with Gasteiger partial charge in [-0.05, 0) is 58.3 Å². The average Bonchev–Trinajstić information content (AvgIpc) is 3.72. The summed E-state index contributed by atoms with van der Waals surface area (Å²) in [5, 5.41) is 6.85. The molecule has 1 aromatic heterocycles. The molecular formula is C37H24N2S2. The van der Waals surface area contributed by atoms with Crippen molar-refractivity contribution in [2.24, 2.45) is 4.99 Å². The lowest BCUT2D eigenvalue weighted by Crippen LogP contribution is -2.10. The van der Waals surface area contributed by atoms with Crippen LogP contribution in [0.4, 0.5) is 17.1 Å². The number of thioether (sulfide) groups is 1. The monoisotopic (exact) mass is 560 g/mol. The Morgan fingerprint density at radius 1 is 0.585 bits per heavy atom. The molecule has 1 aliphatic carbocycles. The number of anilines is 3. The summed E-state index contributed by atoms with van der Waals surface area (Å²) in [6.07, 6.45) is 0. The van der Waals surface area contributed by atoms with Crippen LogP contribution in [-0.2, 0) is 0 Å². The van der Waals surface area contributed by atoms with Crippen LogP contribution in [0.1, 0.15) is 28.0 Å². The van der Waals surface area contributed by atoms with Crippen LogP contribution in [0.25, 0.3) is 30.9 Å². The third-order valence-electron chi connectivity index (χ3n) is 8.39. The smallest absolute Gasteiger partial charge is 0.0991 e. The minimum atomic E-state index is 0.196. The molecule has 2 heterocycles. The van der Waals surface area contributed by atoms with E-state index < -0.39 is 0 Å². The minimum absolute atomic E-state index is 0.196. The number of thiophene rings is 1.